The van der Waals surface area contributed by atoms with E-state index in [4.69, 9.17) is 4.84 Å². The van der Waals surface area contributed by atoms with Crippen molar-refractivity contribution in [2.75, 3.05) is 0 Å². The molecule has 0 aromatic rings. The van der Waals surface area contributed by atoms with Crippen LogP contribution in [0.15, 0.2) is 0 Å². The van der Waals surface area contributed by atoms with Crippen LogP contribution >= 0.6 is 0 Å². The molecule has 15 heavy (non-hydrogen) atoms. The monoisotopic (exact) mass is 213 g/mol. The molecule has 0 aromatic carbocycles. The molecular formula is C12H23NO2. The Bertz CT molecular complexity index is 200. The van der Waals surface area contributed by atoms with Crippen molar-refractivity contribution in [1.82, 2.24) is 5.48 Å². The topological polar surface area (TPSA) is 38.3 Å². The fourth-order valence-corrected chi connectivity index (χ4v) is 1.83. The first kappa shape index (κ1) is 12.5. The summed E-state index contributed by atoms with van der Waals surface area (Å²) in [5.41, 5.74) is 2.28. The van der Waals surface area contributed by atoms with Crippen LogP contribution in [0.3, 0.4) is 0 Å². The average molecular weight is 213 g/mol. The van der Waals surface area contributed by atoms with Crippen molar-refractivity contribution in [3.8, 4) is 0 Å². The number of rotatable bonds is 2. The lowest BCUT2D eigenvalue weighted by Crippen LogP contribution is -2.37. The molecule has 0 saturated heterocycles. The van der Waals surface area contributed by atoms with Crippen molar-refractivity contribution >= 4 is 5.91 Å². The van der Waals surface area contributed by atoms with Crippen molar-refractivity contribution in [3.05, 3.63) is 0 Å². The quantitative estimate of drug-likeness (QED) is 0.566. The van der Waals surface area contributed by atoms with Crippen molar-refractivity contribution in [3.63, 3.8) is 0 Å². The van der Waals surface area contributed by atoms with E-state index in [0.29, 0.717) is 0 Å². The van der Waals surface area contributed by atoms with Gasteiger partial charge in [-0.2, -0.15) is 0 Å². The van der Waals surface area contributed by atoms with Crippen LogP contribution in [0.4, 0.5) is 0 Å². The summed E-state index contributed by atoms with van der Waals surface area (Å²) in [6.45, 7) is 5.79. The molecule has 1 saturated carbocycles. The fraction of sp³-hybridized carbons (Fsp3) is 0.917. The lowest BCUT2D eigenvalue weighted by atomic mass is 10.00. The van der Waals surface area contributed by atoms with Gasteiger partial charge in [-0.15, -0.1) is 0 Å². The first-order chi connectivity index (χ1) is 6.99. The second-order valence-electron chi connectivity index (χ2n) is 5.37. The van der Waals surface area contributed by atoms with E-state index >= 15 is 0 Å². The van der Waals surface area contributed by atoms with E-state index in [1.165, 1.54) is 25.7 Å². The molecule has 88 valence electrons. The lowest BCUT2D eigenvalue weighted by molar-refractivity contribution is -0.150. The van der Waals surface area contributed by atoms with Gasteiger partial charge in [0, 0.05) is 5.92 Å². The minimum atomic E-state index is -0.305. The predicted molar refractivity (Wildman–Crippen MR) is 60.2 cm³/mol. The van der Waals surface area contributed by atoms with E-state index in [9.17, 15) is 4.79 Å². The molecule has 0 aromatic heterocycles. The highest BCUT2D eigenvalue weighted by molar-refractivity contribution is 5.77. The zero-order valence-electron chi connectivity index (χ0n) is 10.1. The highest BCUT2D eigenvalue weighted by atomic mass is 16.7. The molecule has 1 fully saturated rings. The van der Waals surface area contributed by atoms with Gasteiger partial charge in [-0.25, -0.2) is 5.48 Å². The number of hydrogen-bond acceptors (Lipinski definition) is 2. The van der Waals surface area contributed by atoms with Gasteiger partial charge < -0.3 is 0 Å². The second-order valence-corrected chi connectivity index (χ2v) is 5.37. The van der Waals surface area contributed by atoms with Gasteiger partial charge >= 0.3 is 0 Å². The Kier molecular flexibility index (Phi) is 4.58. The minimum Gasteiger partial charge on any atom is -0.272 e. The largest absolute Gasteiger partial charge is 0.272 e. The average Bonchev–Trinajstić information content (AvgIpc) is 2.41. The van der Waals surface area contributed by atoms with E-state index in [1.54, 1.807) is 0 Å². The van der Waals surface area contributed by atoms with Crippen LogP contribution in [-0.2, 0) is 9.63 Å². The summed E-state index contributed by atoms with van der Waals surface area (Å²) < 4.78 is 0. The lowest BCUT2D eigenvalue weighted by Gasteiger charge is -2.21. The van der Waals surface area contributed by atoms with Crippen molar-refractivity contribution in [2.24, 2.45) is 5.92 Å². The van der Waals surface area contributed by atoms with Crippen LogP contribution in [0.2, 0.25) is 0 Å². The van der Waals surface area contributed by atoms with Gasteiger partial charge in [-0.3, -0.25) is 9.63 Å². The third-order valence-corrected chi connectivity index (χ3v) is 2.68. The van der Waals surface area contributed by atoms with Gasteiger partial charge in [0.15, 0.2) is 0 Å². The normalized spacial score (nSPS) is 19.7. The summed E-state index contributed by atoms with van der Waals surface area (Å²) >= 11 is 0. The number of amides is 1. The highest BCUT2D eigenvalue weighted by Gasteiger charge is 2.21. The van der Waals surface area contributed by atoms with Gasteiger partial charge in [-0.1, -0.05) is 25.7 Å². The second kappa shape index (κ2) is 5.50. The Hall–Kier alpha value is -0.570. The molecule has 0 aliphatic heterocycles. The molecule has 0 spiro atoms. The number of carbonyl (C=O) groups excluding carboxylic acids is 1. The van der Waals surface area contributed by atoms with Crippen LogP contribution < -0.4 is 5.48 Å². The Balaban J connectivity index is 2.32. The molecule has 0 bridgehead atoms. The summed E-state index contributed by atoms with van der Waals surface area (Å²) in [7, 11) is 0. The summed E-state index contributed by atoms with van der Waals surface area (Å²) in [5.74, 6) is 0.224. The van der Waals surface area contributed by atoms with Gasteiger partial charge in [0.2, 0.25) is 5.91 Å². The maximum atomic E-state index is 11.8. The molecule has 1 amide bonds. The highest BCUT2D eigenvalue weighted by Crippen LogP contribution is 2.23. The van der Waals surface area contributed by atoms with Crippen LogP contribution in [0.25, 0.3) is 0 Å². The van der Waals surface area contributed by atoms with Gasteiger partial charge in [0.05, 0.1) is 5.60 Å². The smallest absolute Gasteiger partial charge is 0.246 e. The molecule has 0 unspecified atom stereocenters. The molecular weight excluding hydrogens is 190 g/mol. The molecule has 1 aliphatic carbocycles. The number of hydroxylamine groups is 1. The summed E-state index contributed by atoms with van der Waals surface area (Å²) in [5, 5.41) is 0. The molecule has 0 radical (unpaired) electrons. The Labute approximate surface area is 92.5 Å². The summed E-state index contributed by atoms with van der Waals surface area (Å²) in [6, 6.07) is 0. The van der Waals surface area contributed by atoms with E-state index in [-0.39, 0.29) is 17.4 Å². The van der Waals surface area contributed by atoms with Crippen LogP contribution in [0, 0.1) is 5.92 Å². The van der Waals surface area contributed by atoms with Crippen molar-refractivity contribution in [2.45, 2.75) is 64.9 Å². The minimum absolute atomic E-state index is 0.0619. The first-order valence-electron chi connectivity index (χ1n) is 5.97. The molecule has 0 heterocycles. The van der Waals surface area contributed by atoms with Crippen molar-refractivity contribution < 1.29 is 9.63 Å². The van der Waals surface area contributed by atoms with E-state index in [1.807, 2.05) is 20.8 Å². The van der Waals surface area contributed by atoms with Gasteiger partial charge in [-0.05, 0) is 33.6 Å². The Morgan fingerprint density at radius 1 is 1.13 bits per heavy atom. The zero-order chi connectivity index (χ0) is 11.3. The maximum Gasteiger partial charge on any atom is 0.246 e. The third kappa shape index (κ3) is 5.17. The van der Waals surface area contributed by atoms with E-state index in [0.717, 1.165) is 12.8 Å². The Morgan fingerprint density at radius 3 is 2.13 bits per heavy atom. The molecule has 3 heteroatoms. The molecule has 0 atom stereocenters. The van der Waals surface area contributed by atoms with Gasteiger partial charge in [0.25, 0.3) is 0 Å². The number of hydrogen-bond donors (Lipinski definition) is 1. The maximum absolute atomic E-state index is 11.8. The molecule has 1 N–H and O–H groups in total. The standard InChI is InChI=1S/C12H23NO2/c1-12(2,3)15-13-11(14)10-8-6-4-5-7-9-10/h10H,4-9H2,1-3H3,(H,13,14). The summed E-state index contributed by atoms with van der Waals surface area (Å²) in [4.78, 5) is 17.0. The molecule has 1 rings (SSSR count). The van der Waals surface area contributed by atoms with Crippen LogP contribution in [0.5, 0.6) is 0 Å². The molecule has 1 aliphatic rings. The summed E-state index contributed by atoms with van der Waals surface area (Å²) in [6.07, 6.45) is 6.91. The van der Waals surface area contributed by atoms with Gasteiger partial charge in [0.1, 0.15) is 0 Å². The predicted octanol–water partition coefficient (Wildman–Crippen LogP) is 2.80. The molecule has 3 nitrogen and oxygen atoms in total. The number of carbonyl (C=O) groups is 1. The van der Waals surface area contributed by atoms with Crippen LogP contribution in [-0.4, -0.2) is 11.5 Å². The SMILES string of the molecule is CC(C)(C)ONC(=O)C1CCCCCC1. The van der Waals surface area contributed by atoms with Crippen molar-refractivity contribution in [1.29, 1.82) is 0 Å². The fourth-order valence-electron chi connectivity index (χ4n) is 1.83. The van der Waals surface area contributed by atoms with Crippen LogP contribution in [0.1, 0.15) is 59.3 Å². The van der Waals surface area contributed by atoms with E-state index in [2.05, 4.69) is 5.48 Å². The third-order valence-electron chi connectivity index (χ3n) is 2.68. The Morgan fingerprint density at radius 2 is 1.67 bits per heavy atom. The number of nitrogens with one attached hydrogen (secondary N) is 1. The van der Waals surface area contributed by atoms with E-state index < -0.39 is 0 Å². The first-order valence-corrected chi connectivity index (χ1v) is 5.97. The zero-order valence-corrected chi connectivity index (χ0v) is 10.1.